The average molecular weight is 314 g/mol. The van der Waals surface area contributed by atoms with Gasteiger partial charge < -0.3 is 0 Å². The van der Waals surface area contributed by atoms with Crippen molar-refractivity contribution in [3.05, 3.63) is 64.7 Å². The standard InChI is InChI=1S/C18H16ClNO2/c1-12-5-2-3-6-13(12)9-14-10-17(21)20(18(14)22)16-8-4-7-15(19)11-16/h2-8,11,14H,9-10H2,1H3. The Kier molecular flexibility index (Phi) is 3.99. The molecule has 1 aliphatic rings. The molecule has 0 aliphatic carbocycles. The van der Waals surface area contributed by atoms with Crippen LogP contribution in [-0.4, -0.2) is 11.8 Å². The lowest BCUT2D eigenvalue weighted by atomic mass is 9.95. The fourth-order valence-electron chi connectivity index (χ4n) is 2.85. The van der Waals surface area contributed by atoms with Gasteiger partial charge >= 0.3 is 0 Å². The molecule has 112 valence electrons. The van der Waals surface area contributed by atoms with Crippen LogP contribution in [0, 0.1) is 12.8 Å². The van der Waals surface area contributed by atoms with E-state index in [0.29, 0.717) is 17.1 Å². The molecule has 0 N–H and O–H groups in total. The van der Waals surface area contributed by atoms with Gasteiger partial charge in [0.2, 0.25) is 11.8 Å². The van der Waals surface area contributed by atoms with Gasteiger partial charge in [-0.15, -0.1) is 0 Å². The molecule has 1 fully saturated rings. The first-order chi connectivity index (χ1) is 10.6. The summed E-state index contributed by atoms with van der Waals surface area (Å²) in [7, 11) is 0. The molecule has 2 aromatic carbocycles. The SMILES string of the molecule is Cc1ccccc1CC1CC(=O)N(c2cccc(Cl)c2)C1=O. The van der Waals surface area contributed by atoms with Crippen LogP contribution in [0.4, 0.5) is 5.69 Å². The number of benzene rings is 2. The highest BCUT2D eigenvalue weighted by atomic mass is 35.5. The maximum absolute atomic E-state index is 12.6. The topological polar surface area (TPSA) is 37.4 Å². The highest BCUT2D eigenvalue weighted by molar-refractivity contribution is 6.31. The van der Waals surface area contributed by atoms with Crippen molar-refractivity contribution >= 4 is 29.1 Å². The Labute approximate surface area is 134 Å². The lowest BCUT2D eigenvalue weighted by molar-refractivity contribution is -0.122. The third-order valence-corrected chi connectivity index (χ3v) is 4.27. The van der Waals surface area contributed by atoms with Crippen molar-refractivity contribution in [3.8, 4) is 0 Å². The molecular formula is C18H16ClNO2. The summed E-state index contributed by atoms with van der Waals surface area (Å²) in [6, 6.07) is 14.8. The molecule has 1 unspecified atom stereocenters. The monoisotopic (exact) mass is 313 g/mol. The van der Waals surface area contributed by atoms with E-state index < -0.39 is 0 Å². The number of carbonyl (C=O) groups is 2. The molecule has 2 aromatic rings. The first kappa shape index (κ1) is 14.8. The molecule has 0 radical (unpaired) electrons. The highest BCUT2D eigenvalue weighted by Gasteiger charge is 2.39. The van der Waals surface area contributed by atoms with E-state index in [-0.39, 0.29) is 24.2 Å². The van der Waals surface area contributed by atoms with Crippen LogP contribution in [0.2, 0.25) is 5.02 Å². The molecule has 22 heavy (non-hydrogen) atoms. The summed E-state index contributed by atoms with van der Waals surface area (Å²) in [6.45, 7) is 2.02. The molecule has 0 aromatic heterocycles. The van der Waals surface area contributed by atoms with Gasteiger partial charge in [-0.25, -0.2) is 0 Å². The van der Waals surface area contributed by atoms with Gasteiger partial charge in [0.25, 0.3) is 0 Å². The number of hydrogen-bond donors (Lipinski definition) is 0. The molecule has 1 heterocycles. The van der Waals surface area contributed by atoms with Crippen molar-refractivity contribution in [2.45, 2.75) is 19.8 Å². The molecule has 0 bridgehead atoms. The summed E-state index contributed by atoms with van der Waals surface area (Å²) in [5.41, 5.74) is 2.81. The predicted octanol–water partition coefficient (Wildman–Crippen LogP) is 3.77. The molecule has 1 saturated heterocycles. The Morgan fingerprint density at radius 1 is 1.14 bits per heavy atom. The molecule has 0 spiro atoms. The molecule has 3 nitrogen and oxygen atoms in total. The van der Waals surface area contributed by atoms with E-state index in [9.17, 15) is 9.59 Å². The second kappa shape index (κ2) is 5.93. The lowest BCUT2D eigenvalue weighted by Crippen LogP contribution is -2.30. The smallest absolute Gasteiger partial charge is 0.237 e. The Hall–Kier alpha value is -2.13. The summed E-state index contributed by atoms with van der Waals surface area (Å²) >= 11 is 5.96. The number of hydrogen-bond acceptors (Lipinski definition) is 2. The fraction of sp³-hybridized carbons (Fsp3) is 0.222. The zero-order valence-corrected chi connectivity index (χ0v) is 13.0. The minimum atomic E-state index is -0.299. The lowest BCUT2D eigenvalue weighted by Gasteiger charge is -2.15. The molecule has 1 aliphatic heterocycles. The zero-order valence-electron chi connectivity index (χ0n) is 12.3. The van der Waals surface area contributed by atoms with Gasteiger partial charge in [-0.2, -0.15) is 0 Å². The van der Waals surface area contributed by atoms with E-state index in [4.69, 9.17) is 11.6 Å². The minimum absolute atomic E-state index is 0.143. The quantitative estimate of drug-likeness (QED) is 0.809. The largest absolute Gasteiger partial charge is 0.274 e. The second-order valence-corrected chi connectivity index (χ2v) is 6.02. The predicted molar refractivity (Wildman–Crippen MR) is 86.9 cm³/mol. The molecule has 0 saturated carbocycles. The van der Waals surface area contributed by atoms with Crippen molar-refractivity contribution in [1.82, 2.24) is 0 Å². The summed E-state index contributed by atoms with van der Waals surface area (Å²) in [6.07, 6.45) is 0.841. The normalized spacial score (nSPS) is 18.1. The van der Waals surface area contributed by atoms with Crippen LogP contribution in [0.3, 0.4) is 0 Å². The maximum atomic E-state index is 12.6. The summed E-state index contributed by atoms with van der Waals surface area (Å²) in [4.78, 5) is 26.1. The van der Waals surface area contributed by atoms with Gasteiger partial charge in [0.15, 0.2) is 0 Å². The maximum Gasteiger partial charge on any atom is 0.237 e. The van der Waals surface area contributed by atoms with Crippen molar-refractivity contribution < 1.29 is 9.59 Å². The van der Waals surface area contributed by atoms with Crippen LogP contribution in [0.25, 0.3) is 0 Å². The first-order valence-corrected chi connectivity index (χ1v) is 7.61. The van der Waals surface area contributed by atoms with Crippen LogP contribution in [-0.2, 0) is 16.0 Å². The van der Waals surface area contributed by atoms with Crippen molar-refractivity contribution in [1.29, 1.82) is 0 Å². The van der Waals surface area contributed by atoms with Crippen molar-refractivity contribution in [2.75, 3.05) is 4.90 Å². The number of rotatable bonds is 3. The van der Waals surface area contributed by atoms with E-state index >= 15 is 0 Å². The highest BCUT2D eigenvalue weighted by Crippen LogP contribution is 2.30. The van der Waals surface area contributed by atoms with Gasteiger partial charge in [0, 0.05) is 11.4 Å². The Balaban J connectivity index is 1.84. The molecule has 2 amide bonds. The van der Waals surface area contributed by atoms with Gasteiger partial charge in [-0.3, -0.25) is 14.5 Å². The van der Waals surface area contributed by atoms with Crippen LogP contribution >= 0.6 is 11.6 Å². The molecule has 3 rings (SSSR count). The number of aryl methyl sites for hydroxylation is 1. The second-order valence-electron chi connectivity index (χ2n) is 5.58. The third kappa shape index (κ3) is 2.77. The number of halogens is 1. The van der Waals surface area contributed by atoms with Crippen LogP contribution in [0.15, 0.2) is 48.5 Å². The van der Waals surface area contributed by atoms with Gasteiger partial charge in [0.05, 0.1) is 11.6 Å². The Morgan fingerprint density at radius 2 is 1.91 bits per heavy atom. The van der Waals surface area contributed by atoms with Crippen LogP contribution < -0.4 is 4.90 Å². The van der Waals surface area contributed by atoms with E-state index in [2.05, 4.69) is 0 Å². The van der Waals surface area contributed by atoms with E-state index in [1.165, 1.54) is 4.90 Å². The van der Waals surface area contributed by atoms with Crippen molar-refractivity contribution in [2.24, 2.45) is 5.92 Å². The van der Waals surface area contributed by atoms with Crippen molar-refractivity contribution in [3.63, 3.8) is 0 Å². The summed E-state index contributed by atoms with van der Waals surface area (Å²) in [5, 5.41) is 0.514. The van der Waals surface area contributed by atoms with E-state index in [1.54, 1.807) is 24.3 Å². The van der Waals surface area contributed by atoms with Crippen LogP contribution in [0.5, 0.6) is 0 Å². The zero-order chi connectivity index (χ0) is 15.7. The first-order valence-electron chi connectivity index (χ1n) is 7.23. The van der Waals surface area contributed by atoms with Gasteiger partial charge in [-0.1, -0.05) is 41.9 Å². The number of carbonyl (C=O) groups excluding carboxylic acids is 2. The summed E-state index contributed by atoms with van der Waals surface area (Å²) in [5.74, 6) is -0.603. The van der Waals surface area contributed by atoms with E-state index in [1.807, 2.05) is 31.2 Å². The number of anilines is 1. The molecule has 1 atom stereocenters. The van der Waals surface area contributed by atoms with Crippen LogP contribution in [0.1, 0.15) is 17.5 Å². The van der Waals surface area contributed by atoms with Gasteiger partial charge in [-0.05, 0) is 42.7 Å². The number of amides is 2. The number of nitrogens with zero attached hydrogens (tertiary/aromatic N) is 1. The number of imide groups is 1. The average Bonchev–Trinajstić information content (AvgIpc) is 2.76. The summed E-state index contributed by atoms with van der Waals surface area (Å²) < 4.78 is 0. The fourth-order valence-corrected chi connectivity index (χ4v) is 3.03. The van der Waals surface area contributed by atoms with E-state index in [0.717, 1.165) is 11.1 Å². The minimum Gasteiger partial charge on any atom is -0.274 e. The van der Waals surface area contributed by atoms with Gasteiger partial charge in [0.1, 0.15) is 0 Å². The molecule has 4 heteroatoms. The third-order valence-electron chi connectivity index (χ3n) is 4.03. The Bertz CT molecular complexity index is 741. The molecular weight excluding hydrogens is 298 g/mol. The Morgan fingerprint density at radius 3 is 2.64 bits per heavy atom.